The van der Waals surface area contributed by atoms with Gasteiger partial charge in [0.2, 0.25) is 0 Å². The van der Waals surface area contributed by atoms with E-state index in [-0.39, 0.29) is 11.6 Å². The zero-order valence-electron chi connectivity index (χ0n) is 14.2. The first kappa shape index (κ1) is 17.6. The van der Waals surface area contributed by atoms with Gasteiger partial charge in [0.25, 0.3) is 0 Å². The molecule has 138 valence electrons. The summed E-state index contributed by atoms with van der Waals surface area (Å²) in [6.07, 6.45) is 1.34. The molecule has 2 aromatic heterocycles. The maximum Gasteiger partial charge on any atom is 0.433 e. The third-order valence-corrected chi connectivity index (χ3v) is 4.08. The van der Waals surface area contributed by atoms with Crippen LogP contribution in [0.25, 0.3) is 22.3 Å². The number of rotatable bonds is 5. The molecule has 0 aliphatic rings. The van der Waals surface area contributed by atoms with E-state index < -0.39 is 4.92 Å². The SMILES string of the molecule is O=[N+]([O-])c1ccc(/C=N/Nc2nc(-c3cccc(Cl)c3)nc3ccccc23)o1. The van der Waals surface area contributed by atoms with Crippen LogP contribution in [0.3, 0.4) is 0 Å². The zero-order valence-corrected chi connectivity index (χ0v) is 15.0. The van der Waals surface area contributed by atoms with Gasteiger partial charge in [0, 0.05) is 16.0 Å². The molecule has 0 unspecified atom stereocenters. The highest BCUT2D eigenvalue weighted by Gasteiger charge is 2.11. The highest BCUT2D eigenvalue weighted by Crippen LogP contribution is 2.26. The number of aromatic nitrogens is 2. The molecule has 0 amide bonds. The van der Waals surface area contributed by atoms with Crippen LogP contribution < -0.4 is 5.43 Å². The first-order valence-corrected chi connectivity index (χ1v) is 8.54. The third-order valence-electron chi connectivity index (χ3n) is 3.84. The summed E-state index contributed by atoms with van der Waals surface area (Å²) in [5.74, 6) is 0.871. The molecule has 0 aliphatic heterocycles. The topological polar surface area (TPSA) is 106 Å². The Balaban J connectivity index is 1.68. The molecule has 0 fully saturated rings. The summed E-state index contributed by atoms with van der Waals surface area (Å²) in [4.78, 5) is 19.2. The third kappa shape index (κ3) is 3.67. The van der Waals surface area contributed by atoms with E-state index in [9.17, 15) is 10.1 Å². The maximum atomic E-state index is 10.7. The van der Waals surface area contributed by atoms with Crippen molar-refractivity contribution in [2.75, 3.05) is 5.43 Å². The number of hydrazone groups is 1. The standard InChI is InChI=1S/C19H12ClN5O3/c20-13-5-3-4-12(10-13)18-22-16-7-2-1-6-15(16)19(23-18)24-21-11-14-8-9-17(28-14)25(26)27/h1-11H,(H,22,23,24)/b21-11+. The predicted octanol–water partition coefficient (Wildman–Crippen LogP) is 4.90. The Morgan fingerprint density at radius 1 is 1.11 bits per heavy atom. The second-order valence-corrected chi connectivity index (χ2v) is 6.16. The molecular weight excluding hydrogens is 382 g/mol. The minimum atomic E-state index is -0.611. The molecule has 4 rings (SSSR count). The van der Waals surface area contributed by atoms with Crippen LogP contribution in [0.1, 0.15) is 5.76 Å². The lowest BCUT2D eigenvalue weighted by Gasteiger charge is -2.08. The Morgan fingerprint density at radius 2 is 1.96 bits per heavy atom. The molecule has 2 heterocycles. The van der Waals surface area contributed by atoms with Gasteiger partial charge in [0.15, 0.2) is 17.4 Å². The zero-order chi connectivity index (χ0) is 19.5. The molecule has 1 N–H and O–H groups in total. The Kier molecular flexibility index (Phi) is 4.69. The molecule has 4 aromatic rings. The van der Waals surface area contributed by atoms with Crippen LogP contribution in [-0.2, 0) is 0 Å². The largest absolute Gasteiger partial charge is 0.433 e. The smallest absolute Gasteiger partial charge is 0.400 e. The first-order chi connectivity index (χ1) is 13.6. The van der Waals surface area contributed by atoms with Crippen molar-refractivity contribution in [3.63, 3.8) is 0 Å². The van der Waals surface area contributed by atoms with Gasteiger partial charge in [0.05, 0.1) is 17.8 Å². The van der Waals surface area contributed by atoms with Crippen molar-refractivity contribution >= 4 is 40.4 Å². The number of nitro groups is 1. The van der Waals surface area contributed by atoms with Crippen molar-refractivity contribution in [3.8, 4) is 11.4 Å². The fourth-order valence-electron chi connectivity index (χ4n) is 2.59. The Morgan fingerprint density at radius 3 is 2.75 bits per heavy atom. The van der Waals surface area contributed by atoms with Crippen LogP contribution in [0.2, 0.25) is 5.02 Å². The van der Waals surface area contributed by atoms with Gasteiger partial charge < -0.3 is 4.42 Å². The van der Waals surface area contributed by atoms with E-state index in [4.69, 9.17) is 16.0 Å². The van der Waals surface area contributed by atoms with Crippen molar-refractivity contribution in [3.05, 3.63) is 81.6 Å². The normalized spacial score (nSPS) is 11.2. The quantitative estimate of drug-likeness (QED) is 0.293. The number of hydrogen-bond acceptors (Lipinski definition) is 7. The maximum absolute atomic E-state index is 10.7. The van der Waals surface area contributed by atoms with E-state index in [0.29, 0.717) is 16.7 Å². The van der Waals surface area contributed by atoms with Gasteiger partial charge in [0.1, 0.15) is 4.92 Å². The number of furan rings is 1. The lowest BCUT2D eigenvalue weighted by atomic mass is 10.2. The van der Waals surface area contributed by atoms with Crippen LogP contribution in [0.5, 0.6) is 0 Å². The van der Waals surface area contributed by atoms with Gasteiger partial charge in [-0.3, -0.25) is 15.5 Å². The number of para-hydroxylation sites is 1. The molecule has 9 heteroatoms. The molecule has 2 aromatic carbocycles. The number of benzene rings is 2. The molecule has 0 spiro atoms. The van der Waals surface area contributed by atoms with E-state index in [1.807, 2.05) is 36.4 Å². The molecule has 0 saturated carbocycles. The van der Waals surface area contributed by atoms with Gasteiger partial charge in [-0.1, -0.05) is 35.9 Å². The molecular formula is C19H12ClN5O3. The number of nitrogens with one attached hydrogen (secondary N) is 1. The van der Waals surface area contributed by atoms with Gasteiger partial charge >= 0.3 is 5.88 Å². The Bertz CT molecular complexity index is 1210. The predicted molar refractivity (Wildman–Crippen MR) is 107 cm³/mol. The highest BCUT2D eigenvalue weighted by atomic mass is 35.5. The van der Waals surface area contributed by atoms with Crippen LogP contribution in [0.4, 0.5) is 11.7 Å². The molecule has 0 atom stereocenters. The van der Waals surface area contributed by atoms with Crippen molar-refractivity contribution in [2.45, 2.75) is 0 Å². The Hall–Kier alpha value is -3.78. The minimum Gasteiger partial charge on any atom is -0.400 e. The average molecular weight is 394 g/mol. The summed E-state index contributed by atoms with van der Waals surface area (Å²) in [6, 6.07) is 17.5. The monoisotopic (exact) mass is 393 g/mol. The fraction of sp³-hybridized carbons (Fsp3) is 0. The summed E-state index contributed by atoms with van der Waals surface area (Å²) < 4.78 is 5.04. The molecule has 0 aliphatic carbocycles. The van der Waals surface area contributed by atoms with Crippen LogP contribution in [0.15, 0.2) is 70.2 Å². The van der Waals surface area contributed by atoms with Crippen molar-refractivity contribution in [1.29, 1.82) is 0 Å². The highest BCUT2D eigenvalue weighted by molar-refractivity contribution is 6.30. The van der Waals surface area contributed by atoms with E-state index in [0.717, 1.165) is 16.5 Å². The fourth-order valence-corrected chi connectivity index (χ4v) is 2.78. The summed E-state index contributed by atoms with van der Waals surface area (Å²) in [5, 5.41) is 16.1. The summed E-state index contributed by atoms with van der Waals surface area (Å²) in [5.41, 5.74) is 4.36. The number of nitrogens with zero attached hydrogens (tertiary/aromatic N) is 4. The van der Waals surface area contributed by atoms with E-state index in [1.165, 1.54) is 18.3 Å². The average Bonchev–Trinajstić information content (AvgIpc) is 3.17. The molecule has 0 saturated heterocycles. The van der Waals surface area contributed by atoms with Crippen molar-refractivity contribution in [1.82, 2.24) is 9.97 Å². The van der Waals surface area contributed by atoms with E-state index >= 15 is 0 Å². The molecule has 0 bridgehead atoms. The molecule has 0 radical (unpaired) electrons. The number of halogens is 1. The van der Waals surface area contributed by atoms with Crippen molar-refractivity contribution in [2.24, 2.45) is 5.10 Å². The Labute approximate surface area is 163 Å². The molecule has 28 heavy (non-hydrogen) atoms. The molecule has 8 nitrogen and oxygen atoms in total. The van der Waals surface area contributed by atoms with Gasteiger partial charge in [-0.05, 0) is 30.3 Å². The van der Waals surface area contributed by atoms with E-state index in [2.05, 4.69) is 20.5 Å². The summed E-state index contributed by atoms with van der Waals surface area (Å²) >= 11 is 6.08. The van der Waals surface area contributed by atoms with Crippen LogP contribution in [0, 0.1) is 10.1 Å². The van der Waals surface area contributed by atoms with Crippen LogP contribution >= 0.6 is 11.6 Å². The van der Waals surface area contributed by atoms with Crippen molar-refractivity contribution < 1.29 is 9.34 Å². The number of fused-ring (bicyclic) bond motifs is 1. The summed E-state index contributed by atoms with van der Waals surface area (Å²) in [6.45, 7) is 0. The van der Waals surface area contributed by atoms with Gasteiger partial charge in [-0.15, -0.1) is 0 Å². The first-order valence-electron chi connectivity index (χ1n) is 8.16. The number of anilines is 1. The second kappa shape index (κ2) is 7.45. The summed E-state index contributed by atoms with van der Waals surface area (Å²) in [7, 11) is 0. The van der Waals surface area contributed by atoms with Gasteiger partial charge in [-0.2, -0.15) is 5.10 Å². The lowest BCUT2D eigenvalue weighted by Crippen LogP contribution is -1.99. The lowest BCUT2D eigenvalue weighted by molar-refractivity contribution is -0.402. The minimum absolute atomic E-state index is 0.243. The van der Waals surface area contributed by atoms with E-state index in [1.54, 1.807) is 12.1 Å². The second-order valence-electron chi connectivity index (χ2n) is 5.73. The number of hydrogen-bond donors (Lipinski definition) is 1. The van der Waals surface area contributed by atoms with Crippen LogP contribution in [-0.4, -0.2) is 21.1 Å². The van der Waals surface area contributed by atoms with Gasteiger partial charge in [-0.25, -0.2) is 9.97 Å².